The lowest BCUT2D eigenvalue weighted by atomic mass is 10.0. The molecular formula is C16H14N2O2. The van der Waals surface area contributed by atoms with E-state index < -0.39 is 0 Å². The minimum atomic E-state index is -0.312. The Labute approximate surface area is 116 Å². The Morgan fingerprint density at radius 3 is 2.80 bits per heavy atom. The lowest BCUT2D eigenvalue weighted by molar-refractivity contribution is 0.0600. The topological polar surface area (TPSA) is 55.0 Å². The molecule has 4 heteroatoms. The molecule has 3 aromatic rings. The summed E-state index contributed by atoms with van der Waals surface area (Å²) in [6, 6.07) is 11.4. The number of carbonyl (C=O) groups is 1. The van der Waals surface area contributed by atoms with Gasteiger partial charge in [-0.3, -0.25) is 0 Å². The van der Waals surface area contributed by atoms with Gasteiger partial charge in [0.1, 0.15) is 5.65 Å². The van der Waals surface area contributed by atoms with E-state index >= 15 is 0 Å². The van der Waals surface area contributed by atoms with Gasteiger partial charge in [-0.2, -0.15) is 0 Å². The maximum Gasteiger partial charge on any atom is 0.337 e. The summed E-state index contributed by atoms with van der Waals surface area (Å²) in [4.78, 5) is 18.8. The minimum Gasteiger partial charge on any atom is -0.465 e. The Balaban J connectivity index is 1.86. The van der Waals surface area contributed by atoms with Crippen LogP contribution in [0.3, 0.4) is 0 Å². The second-order valence-corrected chi connectivity index (χ2v) is 4.58. The van der Waals surface area contributed by atoms with E-state index in [1.165, 1.54) is 12.7 Å². The number of nitrogens with zero attached hydrogens (tertiary/aromatic N) is 1. The fourth-order valence-corrected chi connectivity index (χ4v) is 2.26. The van der Waals surface area contributed by atoms with Crippen LogP contribution in [0.2, 0.25) is 0 Å². The molecule has 0 aliphatic carbocycles. The Hall–Kier alpha value is -2.62. The molecular weight excluding hydrogens is 252 g/mol. The van der Waals surface area contributed by atoms with E-state index in [1.54, 1.807) is 18.3 Å². The maximum absolute atomic E-state index is 11.4. The summed E-state index contributed by atoms with van der Waals surface area (Å²) < 4.78 is 4.69. The van der Waals surface area contributed by atoms with Crippen LogP contribution in [0, 0.1) is 0 Å². The largest absolute Gasteiger partial charge is 0.465 e. The van der Waals surface area contributed by atoms with Crippen molar-refractivity contribution >= 4 is 17.0 Å². The van der Waals surface area contributed by atoms with Crippen molar-refractivity contribution in [2.45, 2.75) is 6.42 Å². The van der Waals surface area contributed by atoms with Crippen molar-refractivity contribution in [1.29, 1.82) is 0 Å². The third kappa shape index (κ3) is 2.28. The van der Waals surface area contributed by atoms with Gasteiger partial charge in [-0.1, -0.05) is 12.1 Å². The monoisotopic (exact) mass is 266 g/mol. The van der Waals surface area contributed by atoms with Crippen molar-refractivity contribution in [1.82, 2.24) is 9.97 Å². The van der Waals surface area contributed by atoms with Gasteiger partial charge in [0, 0.05) is 17.8 Å². The van der Waals surface area contributed by atoms with Crippen molar-refractivity contribution in [3.63, 3.8) is 0 Å². The number of H-pyrrole nitrogens is 1. The molecule has 1 N–H and O–H groups in total. The van der Waals surface area contributed by atoms with Crippen LogP contribution in [-0.4, -0.2) is 23.0 Å². The van der Waals surface area contributed by atoms with Crippen molar-refractivity contribution < 1.29 is 9.53 Å². The number of carbonyl (C=O) groups excluding carboxylic acids is 1. The number of fused-ring (bicyclic) bond motifs is 1. The average molecular weight is 266 g/mol. The van der Waals surface area contributed by atoms with Crippen LogP contribution < -0.4 is 0 Å². The number of pyridine rings is 1. The summed E-state index contributed by atoms with van der Waals surface area (Å²) in [5.41, 5.74) is 3.80. The Morgan fingerprint density at radius 2 is 2.05 bits per heavy atom. The number of aromatic nitrogens is 2. The SMILES string of the molecule is COC(=O)c1ccc(Cc2c[nH]c3ncccc23)cc1. The first-order valence-corrected chi connectivity index (χ1v) is 6.36. The van der Waals surface area contributed by atoms with Gasteiger partial charge in [0.15, 0.2) is 0 Å². The zero-order valence-electron chi connectivity index (χ0n) is 11.1. The maximum atomic E-state index is 11.4. The highest BCUT2D eigenvalue weighted by Crippen LogP contribution is 2.19. The quantitative estimate of drug-likeness (QED) is 0.741. The van der Waals surface area contributed by atoms with Crippen LogP contribution in [0.5, 0.6) is 0 Å². The molecule has 2 aromatic heterocycles. The average Bonchev–Trinajstić information content (AvgIpc) is 2.91. The lowest BCUT2D eigenvalue weighted by Gasteiger charge is -2.02. The van der Waals surface area contributed by atoms with E-state index in [9.17, 15) is 4.79 Å². The summed E-state index contributed by atoms with van der Waals surface area (Å²) in [6.07, 6.45) is 4.55. The number of benzene rings is 1. The van der Waals surface area contributed by atoms with Crippen LogP contribution in [0.15, 0.2) is 48.8 Å². The van der Waals surface area contributed by atoms with E-state index in [0.717, 1.165) is 23.0 Å². The molecule has 0 bridgehead atoms. The smallest absolute Gasteiger partial charge is 0.337 e. The van der Waals surface area contributed by atoms with Crippen molar-refractivity contribution in [2.24, 2.45) is 0 Å². The van der Waals surface area contributed by atoms with Crippen LogP contribution >= 0.6 is 0 Å². The van der Waals surface area contributed by atoms with Gasteiger partial charge < -0.3 is 9.72 Å². The Bertz CT molecular complexity index is 745. The molecule has 0 aliphatic rings. The number of nitrogens with one attached hydrogen (secondary N) is 1. The molecule has 0 saturated heterocycles. The van der Waals surface area contributed by atoms with E-state index in [0.29, 0.717) is 5.56 Å². The third-order valence-corrected chi connectivity index (χ3v) is 3.31. The number of esters is 1. The lowest BCUT2D eigenvalue weighted by Crippen LogP contribution is -2.00. The highest BCUT2D eigenvalue weighted by molar-refractivity contribution is 5.89. The molecule has 0 unspecified atom stereocenters. The molecule has 0 atom stereocenters. The molecule has 1 aromatic carbocycles. The molecule has 3 rings (SSSR count). The molecule has 0 aliphatic heterocycles. The molecule has 20 heavy (non-hydrogen) atoms. The summed E-state index contributed by atoms with van der Waals surface area (Å²) >= 11 is 0. The predicted octanol–water partition coefficient (Wildman–Crippen LogP) is 2.94. The van der Waals surface area contributed by atoms with Gasteiger partial charge in [0.2, 0.25) is 0 Å². The van der Waals surface area contributed by atoms with E-state index in [2.05, 4.69) is 20.8 Å². The molecule has 100 valence electrons. The summed E-state index contributed by atoms with van der Waals surface area (Å²) in [5.74, 6) is -0.312. The fourth-order valence-electron chi connectivity index (χ4n) is 2.26. The number of aromatic amines is 1. The second kappa shape index (κ2) is 5.17. The molecule has 4 nitrogen and oxygen atoms in total. The summed E-state index contributed by atoms with van der Waals surface area (Å²) in [6.45, 7) is 0. The van der Waals surface area contributed by atoms with E-state index in [4.69, 9.17) is 0 Å². The highest BCUT2D eigenvalue weighted by atomic mass is 16.5. The standard InChI is InChI=1S/C16H14N2O2/c1-20-16(19)12-6-4-11(5-7-12)9-13-10-18-15-14(13)3-2-8-17-15/h2-8,10H,9H2,1H3,(H,17,18). The minimum absolute atomic E-state index is 0.312. The molecule has 0 spiro atoms. The number of ether oxygens (including phenoxy) is 1. The number of hydrogen-bond donors (Lipinski definition) is 1. The van der Waals surface area contributed by atoms with Crippen LogP contribution in [0.1, 0.15) is 21.5 Å². The normalized spacial score (nSPS) is 10.7. The van der Waals surface area contributed by atoms with Crippen LogP contribution in [0.4, 0.5) is 0 Å². The summed E-state index contributed by atoms with van der Waals surface area (Å²) in [7, 11) is 1.38. The van der Waals surface area contributed by atoms with Crippen LogP contribution in [0.25, 0.3) is 11.0 Å². The van der Waals surface area contributed by atoms with Gasteiger partial charge in [-0.25, -0.2) is 9.78 Å². The number of rotatable bonds is 3. The second-order valence-electron chi connectivity index (χ2n) is 4.58. The predicted molar refractivity (Wildman–Crippen MR) is 76.7 cm³/mol. The van der Waals surface area contributed by atoms with Gasteiger partial charge in [0.05, 0.1) is 12.7 Å². The molecule has 0 fully saturated rings. The zero-order chi connectivity index (χ0) is 13.9. The molecule has 2 heterocycles. The highest BCUT2D eigenvalue weighted by Gasteiger charge is 2.07. The first-order chi connectivity index (χ1) is 9.78. The van der Waals surface area contributed by atoms with Gasteiger partial charge in [0.25, 0.3) is 0 Å². The molecule has 0 radical (unpaired) electrons. The van der Waals surface area contributed by atoms with E-state index in [-0.39, 0.29) is 5.97 Å². The zero-order valence-corrected chi connectivity index (χ0v) is 11.1. The number of methoxy groups -OCH3 is 1. The van der Waals surface area contributed by atoms with Crippen molar-refractivity contribution in [2.75, 3.05) is 7.11 Å². The van der Waals surface area contributed by atoms with Gasteiger partial charge >= 0.3 is 5.97 Å². The van der Waals surface area contributed by atoms with Crippen LogP contribution in [-0.2, 0) is 11.2 Å². The van der Waals surface area contributed by atoms with Gasteiger partial charge in [-0.15, -0.1) is 0 Å². The first kappa shape index (κ1) is 12.4. The molecule has 0 amide bonds. The fraction of sp³-hybridized carbons (Fsp3) is 0.125. The van der Waals surface area contributed by atoms with E-state index in [1.807, 2.05) is 24.4 Å². The number of hydrogen-bond acceptors (Lipinski definition) is 3. The van der Waals surface area contributed by atoms with Crippen molar-refractivity contribution in [3.8, 4) is 0 Å². The summed E-state index contributed by atoms with van der Waals surface area (Å²) in [5, 5.41) is 1.13. The Morgan fingerprint density at radius 1 is 1.25 bits per heavy atom. The van der Waals surface area contributed by atoms with Crippen molar-refractivity contribution in [3.05, 3.63) is 65.5 Å². The third-order valence-electron chi connectivity index (χ3n) is 3.31. The molecule has 0 saturated carbocycles. The first-order valence-electron chi connectivity index (χ1n) is 6.36. The van der Waals surface area contributed by atoms with Gasteiger partial charge in [-0.05, 0) is 41.8 Å². The Kier molecular flexibility index (Phi) is 3.21.